The molecule has 0 spiro atoms. The van der Waals surface area contributed by atoms with Gasteiger partial charge in [0.15, 0.2) is 11.5 Å². The van der Waals surface area contributed by atoms with Crippen LogP contribution in [0.4, 0.5) is 10.3 Å². The van der Waals surface area contributed by atoms with Crippen LogP contribution in [0.3, 0.4) is 0 Å². The zero-order chi connectivity index (χ0) is 23.4. The van der Waals surface area contributed by atoms with Crippen LogP contribution in [0.1, 0.15) is 17.2 Å². The molecule has 2 N–H and O–H groups in total. The highest BCUT2D eigenvalue weighted by Crippen LogP contribution is 2.43. The fourth-order valence-electron chi connectivity index (χ4n) is 4.26. The Morgan fingerprint density at radius 2 is 1.79 bits per heavy atom. The number of aromatic nitrogens is 2. The molecule has 8 nitrogen and oxygen atoms in total. The van der Waals surface area contributed by atoms with Gasteiger partial charge in [0.25, 0.3) is 5.78 Å². The highest BCUT2D eigenvalue weighted by molar-refractivity contribution is 6.51. The van der Waals surface area contributed by atoms with Crippen molar-refractivity contribution in [1.82, 2.24) is 9.97 Å². The molecule has 2 aliphatic rings. The van der Waals surface area contributed by atoms with Crippen LogP contribution in [-0.2, 0) is 9.59 Å². The molecular formula is C25H16FN3O5. The standard InChI is InChI=1S/C25H16FN3O5/c26-15-8-5-13(6-9-15)21-20(22(30)14-7-10-18-19(11-14)34-12-33-18)23(31)24(32)29(21)25-27-16-3-1-2-4-17(16)28-25/h1-11,21,30H,12H2,(H,27,28)/b22-20+. The number of anilines is 1. The average molecular weight is 457 g/mol. The number of nitrogens with zero attached hydrogens (tertiary/aromatic N) is 2. The third-order valence-corrected chi connectivity index (χ3v) is 5.88. The number of ketones is 1. The Morgan fingerprint density at radius 1 is 1.03 bits per heavy atom. The first-order valence-electron chi connectivity index (χ1n) is 10.4. The molecule has 168 valence electrons. The van der Waals surface area contributed by atoms with E-state index in [0.29, 0.717) is 28.1 Å². The van der Waals surface area contributed by atoms with Gasteiger partial charge in [0, 0.05) is 5.56 Å². The molecule has 1 saturated heterocycles. The Balaban J connectivity index is 1.55. The third kappa shape index (κ3) is 3.01. The zero-order valence-electron chi connectivity index (χ0n) is 17.5. The van der Waals surface area contributed by atoms with Crippen LogP contribution in [0, 0.1) is 5.82 Å². The molecule has 0 bridgehead atoms. The minimum absolute atomic E-state index is 0.0472. The van der Waals surface area contributed by atoms with E-state index in [2.05, 4.69) is 9.97 Å². The maximum absolute atomic E-state index is 13.7. The van der Waals surface area contributed by atoms with Crippen molar-refractivity contribution in [3.8, 4) is 11.5 Å². The number of Topliss-reactive ketones (excluding diaryl/α,β-unsaturated/α-hetero) is 1. The Kier molecular flexibility index (Phi) is 4.38. The van der Waals surface area contributed by atoms with E-state index in [1.165, 1.54) is 35.2 Å². The summed E-state index contributed by atoms with van der Waals surface area (Å²) in [5.74, 6) is -1.55. The first kappa shape index (κ1) is 20.0. The van der Waals surface area contributed by atoms with Gasteiger partial charge in [0.05, 0.1) is 22.6 Å². The van der Waals surface area contributed by atoms with E-state index in [4.69, 9.17) is 9.47 Å². The molecule has 1 atom stereocenters. The number of aromatic amines is 1. The SMILES string of the molecule is O=C1C(=O)N(c2nc3ccccc3[nH]2)C(c2ccc(F)cc2)/C1=C(\O)c1ccc2c(c1)OCO2. The molecule has 0 saturated carbocycles. The number of para-hydroxylation sites is 2. The van der Waals surface area contributed by atoms with E-state index in [1.54, 1.807) is 30.3 Å². The number of aliphatic hydroxyl groups excluding tert-OH is 1. The predicted molar refractivity (Wildman–Crippen MR) is 120 cm³/mol. The van der Waals surface area contributed by atoms with E-state index >= 15 is 0 Å². The molecule has 1 aromatic heterocycles. The smallest absolute Gasteiger partial charge is 0.302 e. The summed E-state index contributed by atoms with van der Waals surface area (Å²) in [6, 6.07) is 16.3. The van der Waals surface area contributed by atoms with Crippen LogP contribution >= 0.6 is 0 Å². The van der Waals surface area contributed by atoms with E-state index in [9.17, 15) is 19.1 Å². The van der Waals surface area contributed by atoms with Crippen LogP contribution in [-0.4, -0.2) is 33.6 Å². The summed E-state index contributed by atoms with van der Waals surface area (Å²) in [6.07, 6.45) is 0. The molecule has 4 aromatic rings. The lowest BCUT2D eigenvalue weighted by molar-refractivity contribution is -0.132. The van der Waals surface area contributed by atoms with Crippen LogP contribution < -0.4 is 14.4 Å². The van der Waals surface area contributed by atoms with Crippen molar-refractivity contribution in [2.75, 3.05) is 11.7 Å². The number of halogens is 1. The minimum atomic E-state index is -1.04. The molecule has 2 aliphatic heterocycles. The minimum Gasteiger partial charge on any atom is -0.507 e. The fourth-order valence-corrected chi connectivity index (χ4v) is 4.26. The van der Waals surface area contributed by atoms with Crippen molar-refractivity contribution in [3.63, 3.8) is 0 Å². The van der Waals surface area contributed by atoms with Gasteiger partial charge in [-0.05, 0) is 48.0 Å². The summed E-state index contributed by atoms with van der Waals surface area (Å²) >= 11 is 0. The van der Waals surface area contributed by atoms with Gasteiger partial charge in [-0.1, -0.05) is 24.3 Å². The summed E-state index contributed by atoms with van der Waals surface area (Å²) in [6.45, 7) is 0.0472. The first-order valence-corrected chi connectivity index (χ1v) is 10.4. The molecule has 3 heterocycles. The second-order valence-electron chi connectivity index (χ2n) is 7.87. The number of carbonyl (C=O) groups is 2. The molecule has 0 radical (unpaired) electrons. The summed E-state index contributed by atoms with van der Waals surface area (Å²) in [5.41, 5.74) is 1.85. The Hall–Kier alpha value is -4.66. The van der Waals surface area contributed by atoms with Crippen LogP contribution in [0.15, 0.2) is 72.3 Å². The van der Waals surface area contributed by atoms with Gasteiger partial charge in [0.2, 0.25) is 12.7 Å². The topological polar surface area (TPSA) is 105 Å². The lowest BCUT2D eigenvalue weighted by Crippen LogP contribution is -2.30. The fraction of sp³-hybridized carbons (Fsp3) is 0.0800. The molecule has 6 rings (SSSR count). The van der Waals surface area contributed by atoms with Gasteiger partial charge >= 0.3 is 5.91 Å². The molecule has 9 heteroatoms. The van der Waals surface area contributed by atoms with E-state index in [-0.39, 0.29) is 29.6 Å². The number of benzene rings is 3. The lowest BCUT2D eigenvalue weighted by atomic mass is 9.95. The van der Waals surface area contributed by atoms with Crippen molar-refractivity contribution in [2.24, 2.45) is 0 Å². The van der Waals surface area contributed by atoms with Gasteiger partial charge in [-0.3, -0.25) is 14.5 Å². The second kappa shape index (κ2) is 7.45. The van der Waals surface area contributed by atoms with Crippen molar-refractivity contribution in [3.05, 3.63) is 89.2 Å². The highest BCUT2D eigenvalue weighted by Gasteiger charge is 2.48. The van der Waals surface area contributed by atoms with E-state index in [1.807, 2.05) is 6.07 Å². The van der Waals surface area contributed by atoms with Crippen LogP contribution in [0.5, 0.6) is 11.5 Å². The number of aliphatic hydroxyl groups is 1. The lowest BCUT2D eigenvalue weighted by Gasteiger charge is -2.23. The quantitative estimate of drug-likeness (QED) is 0.273. The number of hydrogen-bond donors (Lipinski definition) is 2. The van der Waals surface area contributed by atoms with Gasteiger partial charge < -0.3 is 19.6 Å². The van der Waals surface area contributed by atoms with E-state index in [0.717, 1.165) is 0 Å². The van der Waals surface area contributed by atoms with Gasteiger partial charge in [0.1, 0.15) is 11.6 Å². The number of ether oxygens (including phenoxy) is 2. The highest BCUT2D eigenvalue weighted by atomic mass is 19.1. The van der Waals surface area contributed by atoms with E-state index < -0.39 is 23.5 Å². The first-order chi connectivity index (χ1) is 16.5. The summed E-state index contributed by atoms with van der Waals surface area (Å²) < 4.78 is 24.4. The number of amides is 1. The van der Waals surface area contributed by atoms with Crippen LogP contribution in [0.25, 0.3) is 16.8 Å². The summed E-state index contributed by atoms with van der Waals surface area (Å²) in [7, 11) is 0. The predicted octanol–water partition coefficient (Wildman–Crippen LogP) is 4.06. The Bertz CT molecular complexity index is 1480. The molecule has 34 heavy (non-hydrogen) atoms. The average Bonchev–Trinajstić information content (AvgIpc) is 3.55. The number of hydrogen-bond acceptors (Lipinski definition) is 6. The molecule has 0 aliphatic carbocycles. The maximum Gasteiger partial charge on any atom is 0.302 e. The number of rotatable bonds is 3. The molecule has 1 amide bonds. The van der Waals surface area contributed by atoms with Gasteiger partial charge in [-0.2, -0.15) is 0 Å². The normalized spacial score (nSPS) is 18.7. The largest absolute Gasteiger partial charge is 0.507 e. The Labute approximate surface area is 191 Å². The number of fused-ring (bicyclic) bond motifs is 2. The number of imidazole rings is 1. The van der Waals surface area contributed by atoms with Crippen molar-refractivity contribution >= 4 is 34.4 Å². The molecule has 1 unspecified atom stereocenters. The third-order valence-electron chi connectivity index (χ3n) is 5.88. The molecule has 1 fully saturated rings. The summed E-state index contributed by atoms with van der Waals surface area (Å²) in [5, 5.41) is 11.2. The zero-order valence-corrected chi connectivity index (χ0v) is 17.5. The molecular weight excluding hydrogens is 441 g/mol. The number of nitrogens with one attached hydrogen (secondary N) is 1. The summed E-state index contributed by atoms with van der Waals surface area (Å²) in [4.78, 5) is 35.2. The Morgan fingerprint density at radius 3 is 2.59 bits per heavy atom. The maximum atomic E-state index is 13.7. The van der Waals surface area contributed by atoms with Gasteiger partial charge in [-0.25, -0.2) is 9.37 Å². The number of carbonyl (C=O) groups excluding carboxylic acids is 2. The molecule has 3 aromatic carbocycles. The van der Waals surface area contributed by atoms with Crippen molar-refractivity contribution < 1.29 is 28.6 Å². The van der Waals surface area contributed by atoms with Gasteiger partial charge in [-0.15, -0.1) is 0 Å². The number of H-pyrrole nitrogens is 1. The second-order valence-corrected chi connectivity index (χ2v) is 7.87. The van der Waals surface area contributed by atoms with Crippen molar-refractivity contribution in [2.45, 2.75) is 6.04 Å². The van der Waals surface area contributed by atoms with Crippen molar-refractivity contribution in [1.29, 1.82) is 0 Å². The van der Waals surface area contributed by atoms with Crippen LogP contribution in [0.2, 0.25) is 0 Å². The monoisotopic (exact) mass is 457 g/mol.